The van der Waals surface area contributed by atoms with Crippen molar-refractivity contribution < 1.29 is 14.3 Å². The van der Waals surface area contributed by atoms with Crippen LogP contribution >= 0.6 is 0 Å². The monoisotopic (exact) mass is 349 g/mol. The molecular formula is C22H23NO3. The van der Waals surface area contributed by atoms with Gasteiger partial charge in [0, 0.05) is 12.0 Å². The van der Waals surface area contributed by atoms with Crippen molar-refractivity contribution in [1.82, 2.24) is 4.98 Å². The summed E-state index contributed by atoms with van der Waals surface area (Å²) in [4.78, 5) is 4.62. The van der Waals surface area contributed by atoms with Gasteiger partial charge in [-0.1, -0.05) is 42.0 Å². The Balaban J connectivity index is 1.59. The SMILES string of the molecule is Cc1cccc(-c2nc(CCOc3ccc(C=CCO)cc3)c(C)o2)c1. The van der Waals surface area contributed by atoms with Crippen LogP contribution in [0.3, 0.4) is 0 Å². The van der Waals surface area contributed by atoms with Gasteiger partial charge in [-0.05, 0) is 43.7 Å². The molecule has 0 unspecified atom stereocenters. The molecule has 0 bridgehead atoms. The van der Waals surface area contributed by atoms with Crippen molar-refractivity contribution in [2.45, 2.75) is 20.3 Å². The smallest absolute Gasteiger partial charge is 0.226 e. The molecule has 0 fully saturated rings. The summed E-state index contributed by atoms with van der Waals surface area (Å²) < 4.78 is 11.6. The Kier molecular flexibility index (Phi) is 5.87. The van der Waals surface area contributed by atoms with Gasteiger partial charge in [-0.2, -0.15) is 0 Å². The first-order valence-electron chi connectivity index (χ1n) is 8.69. The fraction of sp³-hybridized carbons (Fsp3) is 0.227. The first-order chi connectivity index (χ1) is 12.7. The van der Waals surface area contributed by atoms with Crippen molar-refractivity contribution in [3.63, 3.8) is 0 Å². The number of aryl methyl sites for hydroxylation is 2. The van der Waals surface area contributed by atoms with E-state index in [-0.39, 0.29) is 6.61 Å². The van der Waals surface area contributed by atoms with Crippen LogP contribution in [0.5, 0.6) is 5.75 Å². The van der Waals surface area contributed by atoms with E-state index in [0.717, 1.165) is 28.3 Å². The molecule has 0 amide bonds. The standard InChI is InChI=1S/C22H23NO3/c1-16-5-3-7-19(15-16)22-23-21(17(2)26-22)12-14-25-20-10-8-18(9-11-20)6-4-13-24/h3-11,15,24H,12-14H2,1-2H3. The molecule has 0 aliphatic heterocycles. The van der Waals surface area contributed by atoms with Gasteiger partial charge in [-0.15, -0.1) is 0 Å². The molecule has 0 aliphatic rings. The fourth-order valence-corrected chi connectivity index (χ4v) is 2.69. The first kappa shape index (κ1) is 18.0. The van der Waals surface area contributed by atoms with E-state index >= 15 is 0 Å². The van der Waals surface area contributed by atoms with Crippen molar-refractivity contribution in [3.05, 3.63) is 77.2 Å². The maximum Gasteiger partial charge on any atom is 0.226 e. The van der Waals surface area contributed by atoms with Crippen LogP contribution in [0.2, 0.25) is 0 Å². The average molecular weight is 349 g/mol. The summed E-state index contributed by atoms with van der Waals surface area (Å²) in [5.74, 6) is 2.29. The van der Waals surface area contributed by atoms with Crippen LogP contribution in [0.1, 0.15) is 22.6 Å². The quantitative estimate of drug-likeness (QED) is 0.678. The van der Waals surface area contributed by atoms with Crippen LogP contribution < -0.4 is 4.74 Å². The van der Waals surface area contributed by atoms with Gasteiger partial charge in [0.2, 0.25) is 5.89 Å². The van der Waals surface area contributed by atoms with E-state index in [4.69, 9.17) is 14.3 Å². The first-order valence-corrected chi connectivity index (χ1v) is 8.69. The predicted molar refractivity (Wildman–Crippen MR) is 103 cm³/mol. The number of benzene rings is 2. The number of aromatic nitrogens is 1. The van der Waals surface area contributed by atoms with Crippen LogP contribution in [0.25, 0.3) is 17.5 Å². The largest absolute Gasteiger partial charge is 0.493 e. The maximum atomic E-state index is 8.79. The van der Waals surface area contributed by atoms with E-state index in [1.54, 1.807) is 6.08 Å². The minimum atomic E-state index is 0.0415. The minimum Gasteiger partial charge on any atom is -0.493 e. The van der Waals surface area contributed by atoms with Crippen molar-refractivity contribution in [2.24, 2.45) is 0 Å². The highest BCUT2D eigenvalue weighted by Crippen LogP contribution is 2.23. The van der Waals surface area contributed by atoms with E-state index in [1.807, 2.05) is 49.4 Å². The van der Waals surface area contributed by atoms with Crippen molar-refractivity contribution in [2.75, 3.05) is 13.2 Å². The fourth-order valence-electron chi connectivity index (χ4n) is 2.69. The van der Waals surface area contributed by atoms with E-state index in [9.17, 15) is 0 Å². The molecule has 1 heterocycles. The number of ether oxygens (including phenoxy) is 1. The Bertz CT molecular complexity index is 879. The summed E-state index contributed by atoms with van der Waals surface area (Å²) in [5, 5.41) is 8.79. The highest BCUT2D eigenvalue weighted by molar-refractivity contribution is 5.55. The zero-order valence-corrected chi connectivity index (χ0v) is 15.1. The second kappa shape index (κ2) is 8.50. The zero-order valence-electron chi connectivity index (χ0n) is 15.1. The van der Waals surface area contributed by atoms with Gasteiger partial charge in [0.15, 0.2) is 0 Å². The molecule has 0 spiro atoms. The number of nitrogens with zero attached hydrogens (tertiary/aromatic N) is 1. The summed E-state index contributed by atoms with van der Waals surface area (Å²) in [6.07, 6.45) is 4.26. The van der Waals surface area contributed by atoms with Gasteiger partial charge in [0.05, 0.1) is 18.9 Å². The van der Waals surface area contributed by atoms with Crippen molar-refractivity contribution in [1.29, 1.82) is 0 Å². The molecule has 134 valence electrons. The van der Waals surface area contributed by atoms with E-state index < -0.39 is 0 Å². The number of aliphatic hydroxyl groups excluding tert-OH is 1. The third-order valence-corrected chi connectivity index (χ3v) is 4.06. The molecule has 26 heavy (non-hydrogen) atoms. The van der Waals surface area contributed by atoms with Gasteiger partial charge in [0.1, 0.15) is 11.5 Å². The molecule has 3 aromatic rings. The maximum absolute atomic E-state index is 8.79. The number of hydrogen-bond acceptors (Lipinski definition) is 4. The van der Waals surface area contributed by atoms with Crippen LogP contribution in [-0.2, 0) is 6.42 Å². The normalized spacial score (nSPS) is 11.2. The molecule has 1 aromatic heterocycles. The molecule has 2 aromatic carbocycles. The number of oxazole rings is 1. The molecule has 0 atom stereocenters. The van der Waals surface area contributed by atoms with Crippen LogP contribution in [-0.4, -0.2) is 23.3 Å². The third kappa shape index (κ3) is 4.61. The Morgan fingerprint density at radius 1 is 1.12 bits per heavy atom. The molecule has 3 rings (SSSR count). The Labute approximate surface area is 153 Å². The van der Waals surface area contributed by atoms with Gasteiger partial charge in [0.25, 0.3) is 0 Å². The third-order valence-electron chi connectivity index (χ3n) is 4.06. The lowest BCUT2D eigenvalue weighted by Gasteiger charge is -2.05. The van der Waals surface area contributed by atoms with Crippen molar-refractivity contribution in [3.8, 4) is 17.2 Å². The molecule has 0 saturated carbocycles. The summed E-state index contributed by atoms with van der Waals surface area (Å²) in [6.45, 7) is 4.56. The Hall–Kier alpha value is -2.85. The van der Waals surface area contributed by atoms with Crippen LogP contribution in [0.4, 0.5) is 0 Å². The van der Waals surface area contributed by atoms with E-state index in [2.05, 4.69) is 24.0 Å². The molecule has 0 aliphatic carbocycles. The van der Waals surface area contributed by atoms with Gasteiger partial charge in [-0.25, -0.2) is 4.98 Å². The number of hydrogen-bond donors (Lipinski definition) is 1. The lowest BCUT2D eigenvalue weighted by molar-refractivity contribution is 0.320. The molecule has 0 radical (unpaired) electrons. The summed E-state index contributed by atoms with van der Waals surface area (Å²) in [6, 6.07) is 15.9. The number of rotatable bonds is 7. The summed E-state index contributed by atoms with van der Waals surface area (Å²) >= 11 is 0. The lowest BCUT2D eigenvalue weighted by Crippen LogP contribution is -2.02. The highest BCUT2D eigenvalue weighted by Gasteiger charge is 2.11. The lowest BCUT2D eigenvalue weighted by atomic mass is 10.1. The van der Waals surface area contributed by atoms with Gasteiger partial charge in [-0.3, -0.25) is 0 Å². The van der Waals surface area contributed by atoms with Gasteiger partial charge >= 0.3 is 0 Å². The molecule has 4 heteroatoms. The average Bonchev–Trinajstić information content (AvgIpc) is 3.02. The highest BCUT2D eigenvalue weighted by atomic mass is 16.5. The topological polar surface area (TPSA) is 55.5 Å². The van der Waals surface area contributed by atoms with E-state index in [1.165, 1.54) is 5.56 Å². The van der Waals surface area contributed by atoms with Gasteiger partial charge < -0.3 is 14.3 Å². The van der Waals surface area contributed by atoms with Crippen LogP contribution in [0.15, 0.2) is 59.0 Å². The molecule has 0 saturated heterocycles. The molecule has 4 nitrogen and oxygen atoms in total. The molecular weight excluding hydrogens is 326 g/mol. The van der Waals surface area contributed by atoms with Crippen LogP contribution in [0, 0.1) is 13.8 Å². The number of aliphatic hydroxyl groups is 1. The summed E-state index contributed by atoms with van der Waals surface area (Å²) in [5.41, 5.74) is 4.12. The summed E-state index contributed by atoms with van der Waals surface area (Å²) in [7, 11) is 0. The Morgan fingerprint density at radius 3 is 2.65 bits per heavy atom. The molecule has 1 N–H and O–H groups in total. The predicted octanol–water partition coefficient (Wildman–Crippen LogP) is 4.59. The minimum absolute atomic E-state index is 0.0415. The van der Waals surface area contributed by atoms with Crippen molar-refractivity contribution >= 4 is 6.08 Å². The Morgan fingerprint density at radius 2 is 1.92 bits per heavy atom. The zero-order chi connectivity index (χ0) is 18.4. The second-order valence-corrected chi connectivity index (χ2v) is 6.14. The second-order valence-electron chi connectivity index (χ2n) is 6.14. The van der Waals surface area contributed by atoms with E-state index in [0.29, 0.717) is 18.9 Å².